The molecular weight excluding hydrogens is 375 g/mol. The molecule has 0 bridgehead atoms. The summed E-state index contributed by atoms with van der Waals surface area (Å²) >= 11 is 8.26. The maximum absolute atomic E-state index is 10.4. The van der Waals surface area contributed by atoms with Crippen molar-refractivity contribution in [3.63, 3.8) is 0 Å². The standard InChI is InChI=1S/C15H14ClIO2/c1-9-7-11(19-2)4-5-12(9)15(18)10-3-6-14(17)13(16)8-10/h3-8,15,18H,1-2H3. The second kappa shape index (κ2) is 6.11. The van der Waals surface area contributed by atoms with E-state index in [1.165, 1.54) is 0 Å². The van der Waals surface area contributed by atoms with E-state index in [9.17, 15) is 5.11 Å². The molecule has 1 N–H and O–H groups in total. The SMILES string of the molecule is COc1ccc(C(O)c2ccc(I)c(Cl)c2)c(C)c1. The lowest BCUT2D eigenvalue weighted by atomic mass is 9.97. The van der Waals surface area contributed by atoms with Crippen LogP contribution in [0.5, 0.6) is 5.75 Å². The van der Waals surface area contributed by atoms with Gasteiger partial charge in [0.1, 0.15) is 11.9 Å². The van der Waals surface area contributed by atoms with Gasteiger partial charge < -0.3 is 9.84 Å². The molecule has 2 aromatic carbocycles. The Balaban J connectivity index is 2.38. The molecule has 0 radical (unpaired) electrons. The lowest BCUT2D eigenvalue weighted by molar-refractivity contribution is 0.219. The molecule has 0 spiro atoms. The van der Waals surface area contributed by atoms with E-state index < -0.39 is 6.10 Å². The Labute approximate surface area is 131 Å². The summed E-state index contributed by atoms with van der Waals surface area (Å²) in [5.41, 5.74) is 2.64. The maximum Gasteiger partial charge on any atom is 0.119 e. The fraction of sp³-hybridized carbons (Fsp3) is 0.200. The first-order valence-corrected chi connectivity index (χ1v) is 7.26. The van der Waals surface area contributed by atoms with E-state index in [1.807, 2.05) is 37.3 Å². The molecule has 0 aromatic heterocycles. The molecule has 0 amide bonds. The van der Waals surface area contributed by atoms with Crippen LogP contribution < -0.4 is 4.74 Å². The van der Waals surface area contributed by atoms with Gasteiger partial charge in [-0.3, -0.25) is 0 Å². The van der Waals surface area contributed by atoms with E-state index in [2.05, 4.69) is 22.6 Å². The summed E-state index contributed by atoms with van der Waals surface area (Å²) in [4.78, 5) is 0. The normalized spacial score (nSPS) is 12.3. The third-order valence-electron chi connectivity index (χ3n) is 3.03. The molecule has 0 fully saturated rings. The van der Waals surface area contributed by atoms with Crippen molar-refractivity contribution in [2.45, 2.75) is 13.0 Å². The van der Waals surface area contributed by atoms with Crippen LogP contribution in [0.15, 0.2) is 36.4 Å². The predicted octanol–water partition coefficient (Wildman–Crippen LogP) is 4.34. The number of aryl methyl sites for hydroxylation is 1. The summed E-state index contributed by atoms with van der Waals surface area (Å²) < 4.78 is 6.14. The number of aliphatic hydroxyl groups excluding tert-OH is 1. The molecule has 4 heteroatoms. The number of benzene rings is 2. The van der Waals surface area contributed by atoms with Crippen LogP contribution in [0.3, 0.4) is 0 Å². The summed E-state index contributed by atoms with van der Waals surface area (Å²) in [6.07, 6.45) is -0.680. The quantitative estimate of drug-likeness (QED) is 0.793. The van der Waals surface area contributed by atoms with Gasteiger partial charge in [-0.2, -0.15) is 0 Å². The number of hydrogen-bond acceptors (Lipinski definition) is 2. The largest absolute Gasteiger partial charge is 0.497 e. The van der Waals surface area contributed by atoms with Crippen LogP contribution in [0.2, 0.25) is 5.02 Å². The van der Waals surface area contributed by atoms with Crippen LogP contribution in [0, 0.1) is 10.5 Å². The van der Waals surface area contributed by atoms with Crippen molar-refractivity contribution < 1.29 is 9.84 Å². The second-order valence-electron chi connectivity index (χ2n) is 4.30. The number of ether oxygens (including phenoxy) is 1. The van der Waals surface area contributed by atoms with E-state index in [1.54, 1.807) is 13.2 Å². The van der Waals surface area contributed by atoms with Crippen molar-refractivity contribution in [3.05, 3.63) is 61.7 Å². The molecule has 0 saturated carbocycles. The minimum absolute atomic E-state index is 0.656. The van der Waals surface area contributed by atoms with Gasteiger partial charge in [-0.15, -0.1) is 0 Å². The van der Waals surface area contributed by atoms with Gasteiger partial charge in [-0.1, -0.05) is 23.7 Å². The van der Waals surface area contributed by atoms with Gasteiger partial charge in [0.15, 0.2) is 0 Å². The van der Waals surface area contributed by atoms with Gasteiger partial charge in [0.2, 0.25) is 0 Å². The number of methoxy groups -OCH3 is 1. The Hall–Kier alpha value is -0.780. The van der Waals surface area contributed by atoms with E-state index in [4.69, 9.17) is 16.3 Å². The first kappa shape index (κ1) is 14.6. The van der Waals surface area contributed by atoms with Gasteiger partial charge in [-0.05, 0) is 70.5 Å². The van der Waals surface area contributed by atoms with Crippen LogP contribution in [-0.4, -0.2) is 12.2 Å². The van der Waals surface area contributed by atoms with E-state index in [0.717, 1.165) is 26.0 Å². The minimum atomic E-state index is -0.680. The van der Waals surface area contributed by atoms with Gasteiger partial charge in [0, 0.05) is 3.57 Å². The van der Waals surface area contributed by atoms with Crippen LogP contribution in [0.4, 0.5) is 0 Å². The molecule has 2 rings (SSSR count). The predicted molar refractivity (Wildman–Crippen MR) is 86.0 cm³/mol. The van der Waals surface area contributed by atoms with Crippen molar-refractivity contribution in [3.8, 4) is 5.75 Å². The average molecular weight is 389 g/mol. The summed E-state index contributed by atoms with van der Waals surface area (Å²) in [5, 5.41) is 11.1. The lowest BCUT2D eigenvalue weighted by Gasteiger charge is -2.15. The topological polar surface area (TPSA) is 29.5 Å². The molecule has 0 heterocycles. The van der Waals surface area contributed by atoms with Gasteiger partial charge in [0.25, 0.3) is 0 Å². The van der Waals surface area contributed by atoms with Crippen molar-refractivity contribution in [2.75, 3.05) is 7.11 Å². The van der Waals surface area contributed by atoms with Gasteiger partial charge in [0.05, 0.1) is 12.1 Å². The van der Waals surface area contributed by atoms with Crippen LogP contribution in [-0.2, 0) is 0 Å². The fourth-order valence-corrected chi connectivity index (χ4v) is 2.47. The van der Waals surface area contributed by atoms with Gasteiger partial charge >= 0.3 is 0 Å². The van der Waals surface area contributed by atoms with Crippen molar-refractivity contribution in [2.24, 2.45) is 0 Å². The highest BCUT2D eigenvalue weighted by molar-refractivity contribution is 14.1. The highest BCUT2D eigenvalue weighted by atomic mass is 127. The molecule has 1 unspecified atom stereocenters. The second-order valence-corrected chi connectivity index (χ2v) is 5.87. The monoisotopic (exact) mass is 388 g/mol. The lowest BCUT2D eigenvalue weighted by Crippen LogP contribution is -2.02. The molecule has 0 aliphatic rings. The zero-order chi connectivity index (χ0) is 14.0. The Bertz CT molecular complexity index is 599. The summed E-state index contributed by atoms with van der Waals surface area (Å²) in [6, 6.07) is 11.2. The Morgan fingerprint density at radius 2 is 1.95 bits per heavy atom. The van der Waals surface area contributed by atoms with Crippen LogP contribution in [0.25, 0.3) is 0 Å². The molecular formula is C15H14ClIO2. The third-order valence-corrected chi connectivity index (χ3v) is 4.60. The number of aliphatic hydroxyl groups is 1. The summed E-state index contributed by atoms with van der Waals surface area (Å²) in [7, 11) is 1.63. The van der Waals surface area contributed by atoms with Crippen molar-refractivity contribution >= 4 is 34.2 Å². The molecule has 0 saturated heterocycles. The molecule has 0 aliphatic heterocycles. The van der Waals surface area contributed by atoms with Gasteiger partial charge in [-0.25, -0.2) is 0 Å². The molecule has 1 atom stereocenters. The smallest absolute Gasteiger partial charge is 0.119 e. The fourth-order valence-electron chi connectivity index (χ4n) is 1.94. The van der Waals surface area contributed by atoms with E-state index >= 15 is 0 Å². The highest BCUT2D eigenvalue weighted by Gasteiger charge is 2.14. The number of halogens is 2. The zero-order valence-corrected chi connectivity index (χ0v) is 13.6. The Morgan fingerprint density at radius 1 is 1.21 bits per heavy atom. The summed E-state index contributed by atoms with van der Waals surface area (Å²) in [6.45, 7) is 1.95. The van der Waals surface area contributed by atoms with Crippen molar-refractivity contribution in [1.29, 1.82) is 0 Å². The number of rotatable bonds is 3. The first-order valence-electron chi connectivity index (χ1n) is 5.80. The van der Waals surface area contributed by atoms with Crippen LogP contribution >= 0.6 is 34.2 Å². The summed E-state index contributed by atoms with van der Waals surface area (Å²) in [5.74, 6) is 0.786. The van der Waals surface area contributed by atoms with E-state index in [0.29, 0.717) is 5.02 Å². The Morgan fingerprint density at radius 3 is 2.53 bits per heavy atom. The molecule has 0 aliphatic carbocycles. The van der Waals surface area contributed by atoms with Crippen LogP contribution in [0.1, 0.15) is 22.8 Å². The number of hydrogen-bond donors (Lipinski definition) is 1. The zero-order valence-electron chi connectivity index (χ0n) is 10.7. The van der Waals surface area contributed by atoms with Crippen molar-refractivity contribution in [1.82, 2.24) is 0 Å². The highest BCUT2D eigenvalue weighted by Crippen LogP contribution is 2.30. The van der Waals surface area contributed by atoms with E-state index in [-0.39, 0.29) is 0 Å². The molecule has 100 valence electrons. The molecule has 2 nitrogen and oxygen atoms in total. The first-order chi connectivity index (χ1) is 9.02. The average Bonchev–Trinajstić information content (AvgIpc) is 2.41. The Kier molecular flexibility index (Phi) is 4.71. The maximum atomic E-state index is 10.4. The molecule has 2 aromatic rings. The minimum Gasteiger partial charge on any atom is -0.497 e. The molecule has 19 heavy (non-hydrogen) atoms. The third kappa shape index (κ3) is 3.22.